The van der Waals surface area contributed by atoms with Gasteiger partial charge in [-0.3, -0.25) is 9.69 Å². The summed E-state index contributed by atoms with van der Waals surface area (Å²) in [5.41, 5.74) is 0.499. The number of amides is 1. The lowest BCUT2D eigenvalue weighted by Gasteiger charge is -2.35. The summed E-state index contributed by atoms with van der Waals surface area (Å²) in [6, 6.07) is 2.53. The molecule has 2 fully saturated rings. The van der Waals surface area contributed by atoms with Crippen molar-refractivity contribution < 1.29 is 9.32 Å². The molecule has 3 rings (SSSR count). The van der Waals surface area contributed by atoms with Gasteiger partial charge in [-0.15, -0.1) is 0 Å². The van der Waals surface area contributed by atoms with Crippen molar-refractivity contribution in [1.82, 2.24) is 15.4 Å². The number of hydrogen-bond acceptors (Lipinski definition) is 4. The van der Waals surface area contributed by atoms with E-state index >= 15 is 0 Å². The maximum Gasteiger partial charge on any atom is 0.273 e. The van der Waals surface area contributed by atoms with Gasteiger partial charge in [0.25, 0.3) is 5.91 Å². The van der Waals surface area contributed by atoms with Gasteiger partial charge in [-0.1, -0.05) is 25.4 Å². The van der Waals surface area contributed by atoms with E-state index in [9.17, 15) is 4.79 Å². The molecule has 22 heavy (non-hydrogen) atoms. The molecule has 0 spiro atoms. The molecule has 2 aliphatic rings. The summed E-state index contributed by atoms with van der Waals surface area (Å²) in [4.78, 5) is 14.8. The second-order valence-electron chi connectivity index (χ2n) is 7.60. The fourth-order valence-corrected chi connectivity index (χ4v) is 3.48. The first-order chi connectivity index (χ1) is 10.4. The molecule has 5 heteroatoms. The Morgan fingerprint density at radius 3 is 2.73 bits per heavy atom. The molecular weight excluding hydrogens is 278 g/mol. The first kappa shape index (κ1) is 15.5. The third-order valence-corrected chi connectivity index (χ3v) is 5.48. The lowest BCUT2D eigenvalue weighted by atomic mass is 9.69. The van der Waals surface area contributed by atoms with Crippen LogP contribution in [0.15, 0.2) is 10.6 Å². The molecule has 1 saturated carbocycles. The molecular formula is C17H27N3O2. The lowest BCUT2D eigenvalue weighted by Crippen LogP contribution is -2.40. The smallest absolute Gasteiger partial charge is 0.273 e. The van der Waals surface area contributed by atoms with Crippen LogP contribution < -0.4 is 5.32 Å². The zero-order chi connectivity index (χ0) is 15.9. The number of aromatic nitrogens is 1. The van der Waals surface area contributed by atoms with Crippen molar-refractivity contribution in [3.63, 3.8) is 0 Å². The Labute approximate surface area is 132 Å². The summed E-state index contributed by atoms with van der Waals surface area (Å²) in [6.45, 7) is 10.7. The summed E-state index contributed by atoms with van der Waals surface area (Å²) in [6.07, 6.45) is 3.46. The van der Waals surface area contributed by atoms with E-state index in [2.05, 4.69) is 43.1 Å². The molecule has 0 aromatic carbocycles. The lowest BCUT2D eigenvalue weighted by molar-refractivity contribution is 0.0921. The van der Waals surface area contributed by atoms with E-state index in [1.165, 1.54) is 6.42 Å². The standard InChI is InChI=1S/C17H27N3O2/c1-11(2)20-9-12(3)14(10-20)18-16(21)13-8-15(22-19-13)17(4)6-5-7-17/h8,11-12,14H,5-7,9-10H2,1-4H3,(H,18,21)/t12-,14-/m1/s1. The number of nitrogens with one attached hydrogen (secondary N) is 1. The molecule has 0 radical (unpaired) electrons. The highest BCUT2D eigenvalue weighted by molar-refractivity contribution is 5.92. The molecule has 1 aliphatic carbocycles. The van der Waals surface area contributed by atoms with Crippen molar-refractivity contribution in [3.8, 4) is 0 Å². The second kappa shape index (κ2) is 5.69. The van der Waals surface area contributed by atoms with Crippen molar-refractivity contribution >= 4 is 5.91 Å². The zero-order valence-electron chi connectivity index (χ0n) is 14.1. The molecule has 1 aromatic rings. The largest absolute Gasteiger partial charge is 0.360 e. The molecule has 2 heterocycles. The summed E-state index contributed by atoms with van der Waals surface area (Å²) >= 11 is 0. The molecule has 1 amide bonds. The third-order valence-electron chi connectivity index (χ3n) is 5.48. The average molecular weight is 305 g/mol. The monoisotopic (exact) mass is 305 g/mol. The minimum absolute atomic E-state index is 0.0840. The average Bonchev–Trinajstić information content (AvgIpc) is 3.04. The predicted molar refractivity (Wildman–Crippen MR) is 84.8 cm³/mol. The van der Waals surface area contributed by atoms with Gasteiger partial charge in [0.2, 0.25) is 0 Å². The van der Waals surface area contributed by atoms with Gasteiger partial charge in [0.1, 0.15) is 5.76 Å². The minimum atomic E-state index is -0.111. The number of carbonyl (C=O) groups is 1. The SMILES string of the molecule is CC(C)N1C[C@@H](C)[C@H](NC(=O)c2cc(C3(C)CCC3)on2)C1. The van der Waals surface area contributed by atoms with E-state index < -0.39 is 0 Å². The van der Waals surface area contributed by atoms with Crippen LogP contribution in [0.25, 0.3) is 0 Å². The second-order valence-corrected chi connectivity index (χ2v) is 7.60. The molecule has 5 nitrogen and oxygen atoms in total. The van der Waals surface area contributed by atoms with Gasteiger partial charge in [0.05, 0.1) is 0 Å². The maximum atomic E-state index is 12.4. The molecule has 1 aliphatic heterocycles. The Bertz CT molecular complexity index is 548. The zero-order valence-corrected chi connectivity index (χ0v) is 14.1. The van der Waals surface area contributed by atoms with Crippen LogP contribution in [-0.2, 0) is 5.41 Å². The molecule has 122 valence electrons. The van der Waals surface area contributed by atoms with Crippen molar-refractivity contribution in [3.05, 3.63) is 17.5 Å². The first-order valence-corrected chi connectivity index (χ1v) is 8.41. The Balaban J connectivity index is 1.63. The number of nitrogens with zero attached hydrogens (tertiary/aromatic N) is 2. The Morgan fingerprint density at radius 2 is 2.18 bits per heavy atom. The quantitative estimate of drug-likeness (QED) is 0.929. The van der Waals surface area contributed by atoms with Gasteiger partial charge in [0.15, 0.2) is 5.69 Å². The number of hydrogen-bond donors (Lipinski definition) is 1. The van der Waals surface area contributed by atoms with Crippen LogP contribution in [0.2, 0.25) is 0 Å². The van der Waals surface area contributed by atoms with Crippen molar-refractivity contribution in [2.75, 3.05) is 13.1 Å². The van der Waals surface area contributed by atoms with Crippen molar-refractivity contribution in [2.45, 2.75) is 64.5 Å². The van der Waals surface area contributed by atoms with E-state index in [0.29, 0.717) is 17.7 Å². The van der Waals surface area contributed by atoms with Crippen LogP contribution in [0.5, 0.6) is 0 Å². The Hall–Kier alpha value is -1.36. The molecule has 0 bridgehead atoms. The summed E-state index contributed by atoms with van der Waals surface area (Å²) < 4.78 is 5.42. The van der Waals surface area contributed by atoms with Crippen LogP contribution in [-0.4, -0.2) is 41.1 Å². The Morgan fingerprint density at radius 1 is 1.45 bits per heavy atom. The van der Waals surface area contributed by atoms with Gasteiger partial charge >= 0.3 is 0 Å². The van der Waals surface area contributed by atoms with Gasteiger partial charge in [-0.05, 0) is 32.6 Å². The number of carbonyl (C=O) groups excluding carboxylic acids is 1. The van der Waals surface area contributed by atoms with Crippen LogP contribution in [0, 0.1) is 5.92 Å². The van der Waals surface area contributed by atoms with Gasteiger partial charge in [-0.2, -0.15) is 0 Å². The third kappa shape index (κ3) is 2.78. The van der Waals surface area contributed by atoms with Crippen LogP contribution in [0.1, 0.15) is 63.2 Å². The highest BCUT2D eigenvalue weighted by Gasteiger charge is 2.38. The van der Waals surface area contributed by atoms with Gasteiger partial charge in [-0.25, -0.2) is 0 Å². The van der Waals surface area contributed by atoms with Crippen LogP contribution >= 0.6 is 0 Å². The minimum Gasteiger partial charge on any atom is -0.360 e. The summed E-state index contributed by atoms with van der Waals surface area (Å²) in [5.74, 6) is 1.20. The topological polar surface area (TPSA) is 58.4 Å². The fourth-order valence-electron chi connectivity index (χ4n) is 3.48. The molecule has 1 aromatic heterocycles. The van der Waals surface area contributed by atoms with Crippen LogP contribution in [0.4, 0.5) is 0 Å². The first-order valence-electron chi connectivity index (χ1n) is 8.41. The summed E-state index contributed by atoms with van der Waals surface area (Å²) in [5, 5.41) is 7.11. The van der Waals surface area contributed by atoms with Gasteiger partial charge in [0, 0.05) is 36.7 Å². The fraction of sp³-hybridized carbons (Fsp3) is 0.765. The van der Waals surface area contributed by atoms with E-state index in [-0.39, 0.29) is 17.4 Å². The van der Waals surface area contributed by atoms with E-state index in [1.54, 1.807) is 0 Å². The Kier molecular flexibility index (Phi) is 4.02. The molecule has 1 N–H and O–H groups in total. The maximum absolute atomic E-state index is 12.4. The highest BCUT2D eigenvalue weighted by atomic mass is 16.5. The van der Waals surface area contributed by atoms with Crippen molar-refractivity contribution in [2.24, 2.45) is 5.92 Å². The van der Waals surface area contributed by atoms with Gasteiger partial charge < -0.3 is 9.84 Å². The molecule has 2 atom stereocenters. The van der Waals surface area contributed by atoms with E-state index in [4.69, 9.17) is 4.52 Å². The van der Waals surface area contributed by atoms with Crippen molar-refractivity contribution in [1.29, 1.82) is 0 Å². The summed E-state index contributed by atoms with van der Waals surface area (Å²) in [7, 11) is 0. The molecule has 0 unspecified atom stereocenters. The normalized spacial score (nSPS) is 27.9. The van der Waals surface area contributed by atoms with E-state index in [0.717, 1.165) is 31.7 Å². The molecule has 1 saturated heterocycles. The van der Waals surface area contributed by atoms with Crippen LogP contribution in [0.3, 0.4) is 0 Å². The number of rotatable bonds is 4. The predicted octanol–water partition coefficient (Wildman–Crippen LogP) is 2.57. The highest BCUT2D eigenvalue weighted by Crippen LogP contribution is 2.43. The number of likely N-dealkylation sites (tertiary alicyclic amines) is 1. The van der Waals surface area contributed by atoms with E-state index in [1.807, 2.05) is 6.07 Å².